The van der Waals surface area contributed by atoms with E-state index in [2.05, 4.69) is 37.9 Å². The van der Waals surface area contributed by atoms with E-state index in [1.165, 1.54) is 12.0 Å². The highest BCUT2D eigenvalue weighted by atomic mass is 16.6. The van der Waals surface area contributed by atoms with Crippen LogP contribution in [0.2, 0.25) is 0 Å². The molecule has 1 aromatic carbocycles. The van der Waals surface area contributed by atoms with Gasteiger partial charge in [-0.25, -0.2) is 9.59 Å². The number of hydrogen-bond acceptors (Lipinski definition) is 10. The van der Waals surface area contributed by atoms with Gasteiger partial charge in [0.2, 0.25) is 11.8 Å². The quantitative estimate of drug-likeness (QED) is 0.123. The van der Waals surface area contributed by atoms with Gasteiger partial charge in [-0.2, -0.15) is 0 Å². The molecule has 13 heteroatoms. The molecule has 1 fully saturated rings. The minimum absolute atomic E-state index is 0.00852. The topological polar surface area (TPSA) is 144 Å². The second-order valence-corrected chi connectivity index (χ2v) is 18.3. The molecule has 0 bridgehead atoms. The fraction of sp³-hybridized carbons (Fsp3) is 0.761. The predicted octanol–water partition coefficient (Wildman–Crippen LogP) is 6.40. The van der Waals surface area contributed by atoms with Crippen molar-refractivity contribution in [3.05, 3.63) is 35.9 Å². The van der Waals surface area contributed by atoms with Gasteiger partial charge in [-0.3, -0.25) is 14.4 Å². The van der Waals surface area contributed by atoms with E-state index in [4.69, 9.17) is 18.9 Å². The third-order valence-electron chi connectivity index (χ3n) is 12.0. The molecule has 59 heavy (non-hydrogen) atoms. The van der Waals surface area contributed by atoms with Crippen molar-refractivity contribution in [1.29, 1.82) is 0 Å². The Labute approximate surface area is 355 Å². The van der Waals surface area contributed by atoms with Crippen molar-refractivity contribution < 1.29 is 42.9 Å². The first-order chi connectivity index (χ1) is 27.6. The second-order valence-electron chi connectivity index (χ2n) is 18.3. The minimum Gasteiger partial charge on any atom is -0.458 e. The summed E-state index contributed by atoms with van der Waals surface area (Å²) in [6.45, 7) is 20.7. The highest BCUT2D eigenvalue weighted by molar-refractivity contribution is 5.88. The van der Waals surface area contributed by atoms with E-state index in [-0.39, 0.29) is 66.2 Å². The van der Waals surface area contributed by atoms with Crippen LogP contribution in [0.25, 0.3) is 0 Å². The Hall–Kier alpha value is -3.55. The molecule has 1 heterocycles. The molecule has 1 aliphatic rings. The van der Waals surface area contributed by atoms with E-state index in [0.29, 0.717) is 25.9 Å². The molecule has 1 aromatic rings. The van der Waals surface area contributed by atoms with Gasteiger partial charge in [0.15, 0.2) is 5.78 Å². The van der Waals surface area contributed by atoms with Crippen molar-refractivity contribution in [3.8, 4) is 0 Å². The number of nitrogens with zero attached hydrogens (tertiary/aromatic N) is 3. The smallest absolute Gasteiger partial charge is 0.409 e. The number of amides is 3. The number of hydrogen-bond donors (Lipinski definition) is 1. The maximum atomic E-state index is 14.4. The van der Waals surface area contributed by atoms with E-state index in [1.54, 1.807) is 49.0 Å². The molecule has 1 aliphatic heterocycles. The molecule has 1 saturated heterocycles. The Kier molecular flexibility index (Phi) is 21.0. The highest BCUT2D eigenvalue weighted by Crippen LogP contribution is 2.31. The van der Waals surface area contributed by atoms with Crippen molar-refractivity contribution in [2.24, 2.45) is 29.6 Å². The van der Waals surface area contributed by atoms with Crippen LogP contribution in [0, 0.1) is 29.6 Å². The van der Waals surface area contributed by atoms with E-state index >= 15 is 0 Å². The SMILES string of the molecule is CC[C@H](C)[C@@H]([C@@H](CC(=O)N1CCC[C@H]1[C@H](OC)[C@@H](C)C(=O)N[C@@H](Cc1ccccc1)C(=O)OC(C)(C)C)OC)N(C)C[C@@H](CC(=O)[C@H](C(C)C)N(C)C(=O)OC)C(C)C. The zero-order valence-electron chi connectivity index (χ0n) is 38.9. The van der Waals surface area contributed by atoms with Crippen LogP contribution in [0.3, 0.4) is 0 Å². The number of benzene rings is 1. The number of esters is 1. The van der Waals surface area contributed by atoms with Crippen LogP contribution in [0.1, 0.15) is 107 Å². The number of rotatable bonds is 23. The van der Waals surface area contributed by atoms with Gasteiger partial charge in [0, 0.05) is 53.2 Å². The predicted molar refractivity (Wildman–Crippen MR) is 231 cm³/mol. The second kappa shape index (κ2) is 24.0. The molecule has 0 saturated carbocycles. The zero-order valence-corrected chi connectivity index (χ0v) is 38.9. The number of Topliss-reactive ketones (excluding diaryl/α,β-unsaturated/α-hetero) is 1. The van der Waals surface area contributed by atoms with E-state index in [9.17, 15) is 24.0 Å². The van der Waals surface area contributed by atoms with Gasteiger partial charge in [0.25, 0.3) is 0 Å². The standard InChI is InChI=1S/C46H78N4O9/c1-16-31(6)41(48(11)28-34(29(2)3)26-37(51)40(30(4)5)49(12)45(55)58-15)38(56-13)27-39(52)50-24-20-23-36(50)42(57-14)32(7)43(53)47-35(44(54)59-46(8,9)10)25-33-21-18-17-19-22-33/h17-19,21-22,29-32,34-36,38,40-42H,16,20,23-28H2,1-15H3,(H,47,53)/t31-,32+,34+,35-,36-,38+,40-,41-,42+/m0/s1. The Morgan fingerprint density at radius 3 is 2.03 bits per heavy atom. The fourth-order valence-electron chi connectivity index (χ4n) is 8.64. The summed E-state index contributed by atoms with van der Waals surface area (Å²) in [6.07, 6.45) is 1.36. The molecule has 3 amide bonds. The van der Waals surface area contributed by atoms with Crippen LogP contribution in [0.4, 0.5) is 4.79 Å². The summed E-state index contributed by atoms with van der Waals surface area (Å²) in [4.78, 5) is 73.3. The van der Waals surface area contributed by atoms with Crippen molar-refractivity contribution in [2.45, 2.75) is 150 Å². The van der Waals surface area contributed by atoms with E-state index in [1.807, 2.05) is 56.1 Å². The van der Waals surface area contributed by atoms with Gasteiger partial charge in [-0.05, 0) is 69.9 Å². The zero-order chi connectivity index (χ0) is 44.8. The van der Waals surface area contributed by atoms with Crippen molar-refractivity contribution >= 4 is 29.7 Å². The number of carbonyl (C=O) groups excluding carboxylic acids is 5. The van der Waals surface area contributed by atoms with Crippen LogP contribution in [0.5, 0.6) is 0 Å². The molecule has 2 rings (SSSR count). The number of likely N-dealkylation sites (N-methyl/N-ethyl adjacent to an activating group) is 2. The lowest BCUT2D eigenvalue weighted by atomic mass is 9.84. The third-order valence-corrected chi connectivity index (χ3v) is 12.0. The Morgan fingerprint density at radius 1 is 0.898 bits per heavy atom. The summed E-state index contributed by atoms with van der Waals surface area (Å²) >= 11 is 0. The number of ether oxygens (including phenoxy) is 4. The number of nitrogens with one attached hydrogen (secondary N) is 1. The van der Waals surface area contributed by atoms with Crippen LogP contribution in [0.15, 0.2) is 30.3 Å². The summed E-state index contributed by atoms with van der Waals surface area (Å²) in [5.41, 5.74) is 0.152. The molecule has 0 unspecified atom stereocenters. The van der Waals surface area contributed by atoms with E-state index < -0.39 is 47.9 Å². The summed E-state index contributed by atoms with van der Waals surface area (Å²) in [5.74, 6) is -1.41. The van der Waals surface area contributed by atoms with Gasteiger partial charge < -0.3 is 39.0 Å². The van der Waals surface area contributed by atoms with Gasteiger partial charge in [0.1, 0.15) is 11.6 Å². The maximum Gasteiger partial charge on any atom is 0.409 e. The first kappa shape index (κ1) is 51.6. The number of likely N-dealkylation sites (tertiary alicyclic amines) is 1. The fourth-order valence-corrected chi connectivity index (χ4v) is 8.64. The summed E-state index contributed by atoms with van der Waals surface area (Å²) in [5, 5.41) is 2.95. The summed E-state index contributed by atoms with van der Waals surface area (Å²) in [7, 11) is 8.16. The normalized spacial score (nSPS) is 18.7. The van der Waals surface area contributed by atoms with Gasteiger partial charge in [-0.1, -0.05) is 85.2 Å². The number of methoxy groups -OCH3 is 3. The molecule has 336 valence electrons. The van der Waals surface area contributed by atoms with Gasteiger partial charge in [-0.15, -0.1) is 0 Å². The van der Waals surface area contributed by atoms with Crippen LogP contribution >= 0.6 is 0 Å². The molecule has 9 atom stereocenters. The van der Waals surface area contributed by atoms with Crippen LogP contribution < -0.4 is 5.32 Å². The van der Waals surface area contributed by atoms with Crippen LogP contribution in [-0.2, 0) is 44.5 Å². The highest BCUT2D eigenvalue weighted by Gasteiger charge is 2.43. The molecule has 0 spiro atoms. The van der Waals surface area contributed by atoms with Gasteiger partial charge in [0.05, 0.1) is 43.7 Å². The lowest BCUT2D eigenvalue weighted by molar-refractivity contribution is -0.159. The largest absolute Gasteiger partial charge is 0.458 e. The Balaban J connectivity index is 2.28. The monoisotopic (exact) mass is 831 g/mol. The average Bonchev–Trinajstić information content (AvgIpc) is 3.66. The molecule has 1 N–H and O–H groups in total. The molecule has 0 radical (unpaired) electrons. The van der Waals surface area contributed by atoms with Gasteiger partial charge >= 0.3 is 12.1 Å². The van der Waals surface area contributed by atoms with Crippen molar-refractivity contribution in [2.75, 3.05) is 48.5 Å². The third kappa shape index (κ3) is 15.1. The lowest BCUT2D eigenvalue weighted by Crippen LogP contribution is -2.54. The lowest BCUT2D eigenvalue weighted by Gasteiger charge is -2.41. The molecular formula is C46H78N4O9. The number of carbonyl (C=O) groups is 5. The summed E-state index contributed by atoms with van der Waals surface area (Å²) < 4.78 is 22.8. The maximum absolute atomic E-state index is 14.4. The Bertz CT molecular complexity index is 1480. The minimum atomic E-state index is -0.909. The van der Waals surface area contributed by atoms with Crippen LogP contribution in [-0.4, -0.2) is 135 Å². The molecule has 0 aromatic heterocycles. The number of ketones is 1. The average molecular weight is 831 g/mol. The van der Waals surface area contributed by atoms with Crippen molar-refractivity contribution in [1.82, 2.24) is 20.0 Å². The molecule has 0 aliphatic carbocycles. The molecule has 13 nitrogen and oxygen atoms in total. The Morgan fingerprint density at radius 2 is 1.53 bits per heavy atom. The summed E-state index contributed by atoms with van der Waals surface area (Å²) in [6, 6.07) is 7.48. The first-order valence-corrected chi connectivity index (χ1v) is 21.6. The first-order valence-electron chi connectivity index (χ1n) is 21.6. The van der Waals surface area contributed by atoms with Crippen molar-refractivity contribution in [3.63, 3.8) is 0 Å². The molecular weight excluding hydrogens is 753 g/mol. The van der Waals surface area contributed by atoms with E-state index in [0.717, 1.165) is 18.4 Å².